The van der Waals surface area contributed by atoms with Crippen molar-refractivity contribution in [2.24, 2.45) is 0 Å². The van der Waals surface area contributed by atoms with Gasteiger partial charge in [-0.25, -0.2) is 0 Å². The highest BCUT2D eigenvalue weighted by molar-refractivity contribution is 6.30. The first-order valence-electron chi connectivity index (χ1n) is 11.7. The van der Waals surface area contributed by atoms with Crippen molar-refractivity contribution in [3.05, 3.63) is 70.2 Å². The van der Waals surface area contributed by atoms with Gasteiger partial charge in [0.15, 0.2) is 0 Å². The fourth-order valence-corrected chi connectivity index (χ4v) is 4.91. The van der Waals surface area contributed by atoms with E-state index in [1.54, 1.807) is 0 Å². The fraction of sp³-hybridized carbons (Fsp3) is 0.500. The first kappa shape index (κ1) is 23.2. The summed E-state index contributed by atoms with van der Waals surface area (Å²) >= 11 is 5.97. The van der Waals surface area contributed by atoms with Crippen LogP contribution in [0.15, 0.2) is 48.5 Å². The van der Waals surface area contributed by atoms with Gasteiger partial charge in [-0.15, -0.1) is 0 Å². The van der Waals surface area contributed by atoms with E-state index in [4.69, 9.17) is 16.3 Å². The van der Waals surface area contributed by atoms with Crippen LogP contribution in [-0.4, -0.2) is 60.1 Å². The number of rotatable bonds is 6. The molecule has 2 heterocycles. The van der Waals surface area contributed by atoms with E-state index in [0.717, 1.165) is 62.7 Å². The highest BCUT2D eigenvalue weighted by atomic mass is 35.5. The predicted molar refractivity (Wildman–Crippen MR) is 129 cm³/mol. The van der Waals surface area contributed by atoms with E-state index in [2.05, 4.69) is 53.2 Å². The number of likely N-dealkylation sites (tertiary alicyclic amines) is 1. The number of nitrogens with one attached hydrogen (secondary N) is 1. The number of ether oxygens (including phenoxy) is 1. The molecular weight excluding hydrogens is 422 g/mol. The van der Waals surface area contributed by atoms with E-state index in [-0.39, 0.29) is 24.2 Å². The van der Waals surface area contributed by atoms with Crippen LogP contribution < -0.4 is 5.32 Å². The Balaban J connectivity index is 1.22. The summed E-state index contributed by atoms with van der Waals surface area (Å²) < 4.78 is 5.81. The van der Waals surface area contributed by atoms with Gasteiger partial charge >= 0.3 is 0 Å². The van der Waals surface area contributed by atoms with Crippen LogP contribution in [0.2, 0.25) is 5.02 Å². The molecule has 0 aliphatic carbocycles. The first-order chi connectivity index (χ1) is 15.4. The van der Waals surface area contributed by atoms with Crippen molar-refractivity contribution < 1.29 is 9.53 Å². The number of hydrogen-bond donors (Lipinski definition) is 1. The van der Waals surface area contributed by atoms with Gasteiger partial charge in [-0.05, 0) is 62.1 Å². The smallest absolute Gasteiger partial charge is 0.251 e. The van der Waals surface area contributed by atoms with E-state index in [0.29, 0.717) is 0 Å². The maximum atomic E-state index is 12.7. The highest BCUT2D eigenvalue weighted by Crippen LogP contribution is 2.18. The van der Waals surface area contributed by atoms with Crippen molar-refractivity contribution in [3.8, 4) is 0 Å². The molecule has 0 bridgehead atoms. The largest absolute Gasteiger partial charge is 0.373 e. The minimum atomic E-state index is 0.0290. The maximum absolute atomic E-state index is 12.7. The lowest BCUT2D eigenvalue weighted by Gasteiger charge is -2.35. The summed E-state index contributed by atoms with van der Waals surface area (Å²) in [5.74, 6) is 0.0290. The van der Waals surface area contributed by atoms with Crippen molar-refractivity contribution in [2.75, 3.05) is 26.2 Å². The van der Waals surface area contributed by atoms with Crippen molar-refractivity contribution in [1.82, 2.24) is 15.1 Å². The van der Waals surface area contributed by atoms with Gasteiger partial charge in [-0.1, -0.05) is 35.9 Å². The van der Waals surface area contributed by atoms with Gasteiger partial charge in [0, 0.05) is 55.9 Å². The normalized spacial score (nSPS) is 23.2. The SMILES string of the molecule is CC1CN(Cc2ccc(C(=O)NC3CCN(Cc4ccc(Cl)cc4)CC3)cc2)CC(C)O1. The fourth-order valence-electron chi connectivity index (χ4n) is 4.79. The summed E-state index contributed by atoms with van der Waals surface area (Å²) in [6.07, 6.45) is 2.48. The standard InChI is InChI=1S/C26H34ClN3O2/c1-19-15-30(16-20(2)32-19)18-21-3-7-23(8-4-21)26(31)28-25-11-13-29(14-12-25)17-22-5-9-24(27)10-6-22/h3-10,19-20,25H,11-18H2,1-2H3,(H,28,31). The number of carbonyl (C=O) groups excluding carboxylic acids is 1. The minimum absolute atomic E-state index is 0.0290. The summed E-state index contributed by atoms with van der Waals surface area (Å²) in [5, 5.41) is 4.00. The molecule has 2 fully saturated rings. The third-order valence-electron chi connectivity index (χ3n) is 6.36. The van der Waals surface area contributed by atoms with E-state index < -0.39 is 0 Å². The van der Waals surface area contributed by atoms with Gasteiger partial charge in [0.05, 0.1) is 12.2 Å². The molecule has 6 heteroatoms. The molecule has 1 N–H and O–H groups in total. The third-order valence-corrected chi connectivity index (χ3v) is 6.61. The molecule has 0 radical (unpaired) electrons. The number of morpholine rings is 1. The molecule has 0 saturated carbocycles. The minimum Gasteiger partial charge on any atom is -0.373 e. The Labute approximate surface area is 196 Å². The molecule has 1 amide bonds. The Kier molecular flexibility index (Phi) is 7.84. The van der Waals surface area contributed by atoms with Crippen LogP contribution in [-0.2, 0) is 17.8 Å². The Bertz CT molecular complexity index is 869. The molecule has 0 aromatic heterocycles. The number of benzene rings is 2. The predicted octanol–water partition coefficient (Wildman–Crippen LogP) is 4.34. The van der Waals surface area contributed by atoms with Crippen LogP contribution in [0.3, 0.4) is 0 Å². The number of nitrogens with zero attached hydrogens (tertiary/aromatic N) is 2. The molecule has 5 nitrogen and oxygen atoms in total. The third kappa shape index (κ3) is 6.55. The molecule has 32 heavy (non-hydrogen) atoms. The summed E-state index contributed by atoms with van der Waals surface area (Å²) in [4.78, 5) is 17.6. The molecule has 2 aromatic rings. The molecule has 172 valence electrons. The van der Waals surface area contributed by atoms with Crippen molar-refractivity contribution >= 4 is 17.5 Å². The maximum Gasteiger partial charge on any atom is 0.251 e. The summed E-state index contributed by atoms with van der Waals surface area (Å²) in [6.45, 7) is 9.95. The van der Waals surface area contributed by atoms with Crippen LogP contribution in [0.1, 0.15) is 48.2 Å². The molecular formula is C26H34ClN3O2. The molecule has 0 spiro atoms. The van der Waals surface area contributed by atoms with Gasteiger partial charge in [0.1, 0.15) is 0 Å². The van der Waals surface area contributed by atoms with E-state index in [9.17, 15) is 4.79 Å². The quantitative estimate of drug-likeness (QED) is 0.703. The lowest BCUT2D eigenvalue weighted by molar-refractivity contribution is -0.0704. The van der Waals surface area contributed by atoms with Crippen LogP contribution in [0.4, 0.5) is 0 Å². The Morgan fingerprint density at radius 2 is 1.44 bits per heavy atom. The second-order valence-electron chi connectivity index (χ2n) is 9.30. The van der Waals surface area contributed by atoms with Crippen LogP contribution in [0.25, 0.3) is 0 Å². The zero-order valence-corrected chi connectivity index (χ0v) is 19.9. The monoisotopic (exact) mass is 455 g/mol. The zero-order valence-electron chi connectivity index (χ0n) is 19.1. The molecule has 4 rings (SSSR count). The second kappa shape index (κ2) is 10.8. The Hall–Kier alpha value is -1.92. The van der Waals surface area contributed by atoms with Crippen molar-refractivity contribution in [3.63, 3.8) is 0 Å². The number of piperidine rings is 1. The number of hydrogen-bond acceptors (Lipinski definition) is 4. The van der Waals surface area contributed by atoms with Gasteiger partial charge < -0.3 is 10.1 Å². The van der Waals surface area contributed by atoms with Gasteiger partial charge in [0.25, 0.3) is 5.91 Å². The van der Waals surface area contributed by atoms with E-state index >= 15 is 0 Å². The lowest BCUT2D eigenvalue weighted by Crippen LogP contribution is -2.44. The van der Waals surface area contributed by atoms with Crippen LogP contribution in [0, 0.1) is 0 Å². The molecule has 2 saturated heterocycles. The molecule has 2 aliphatic rings. The van der Waals surface area contributed by atoms with Crippen molar-refractivity contribution in [2.45, 2.75) is 58.0 Å². The Morgan fingerprint density at radius 1 is 0.906 bits per heavy atom. The molecule has 2 atom stereocenters. The molecule has 2 unspecified atom stereocenters. The number of carbonyl (C=O) groups is 1. The second-order valence-corrected chi connectivity index (χ2v) is 9.74. The number of amides is 1. The summed E-state index contributed by atoms with van der Waals surface area (Å²) in [5.41, 5.74) is 3.25. The highest BCUT2D eigenvalue weighted by Gasteiger charge is 2.23. The molecule has 2 aliphatic heterocycles. The van der Waals surface area contributed by atoms with Crippen LogP contribution in [0.5, 0.6) is 0 Å². The lowest BCUT2D eigenvalue weighted by atomic mass is 10.0. The van der Waals surface area contributed by atoms with Crippen molar-refractivity contribution in [1.29, 1.82) is 0 Å². The average molecular weight is 456 g/mol. The topological polar surface area (TPSA) is 44.8 Å². The number of halogens is 1. The van der Waals surface area contributed by atoms with E-state index in [1.807, 2.05) is 24.3 Å². The first-order valence-corrected chi connectivity index (χ1v) is 12.1. The molecule has 2 aromatic carbocycles. The van der Waals surface area contributed by atoms with Crippen LogP contribution >= 0.6 is 11.6 Å². The Morgan fingerprint density at radius 3 is 2.03 bits per heavy atom. The summed E-state index contributed by atoms with van der Waals surface area (Å²) in [7, 11) is 0. The van der Waals surface area contributed by atoms with Gasteiger partial charge in [-0.2, -0.15) is 0 Å². The van der Waals surface area contributed by atoms with E-state index in [1.165, 1.54) is 11.1 Å². The van der Waals surface area contributed by atoms with Gasteiger partial charge in [-0.3, -0.25) is 14.6 Å². The zero-order chi connectivity index (χ0) is 22.5. The average Bonchev–Trinajstić information content (AvgIpc) is 2.76. The summed E-state index contributed by atoms with van der Waals surface area (Å²) in [6, 6.07) is 16.3. The van der Waals surface area contributed by atoms with Gasteiger partial charge in [0.2, 0.25) is 0 Å².